The van der Waals surface area contributed by atoms with Gasteiger partial charge in [-0.25, -0.2) is 4.98 Å². The second-order valence-electron chi connectivity index (χ2n) is 8.18. The molecule has 1 aliphatic carbocycles. The summed E-state index contributed by atoms with van der Waals surface area (Å²) in [7, 11) is 3.38. The molecular weight excluding hydrogens is 404 g/mol. The fourth-order valence-electron chi connectivity index (χ4n) is 3.72. The Hall–Kier alpha value is -4.00. The van der Waals surface area contributed by atoms with Crippen LogP contribution in [0.15, 0.2) is 65.2 Å². The van der Waals surface area contributed by atoms with Crippen LogP contribution in [0, 0.1) is 0 Å². The van der Waals surface area contributed by atoms with Crippen molar-refractivity contribution >= 4 is 28.6 Å². The molecule has 160 valence electrons. The van der Waals surface area contributed by atoms with Gasteiger partial charge < -0.3 is 14.7 Å². The van der Waals surface area contributed by atoms with E-state index in [2.05, 4.69) is 15.5 Å². The van der Waals surface area contributed by atoms with E-state index in [1.165, 1.54) is 4.90 Å². The molecule has 0 radical (unpaired) electrons. The van der Waals surface area contributed by atoms with E-state index in [4.69, 9.17) is 4.52 Å². The van der Waals surface area contributed by atoms with Crippen LogP contribution in [0.4, 0.5) is 5.69 Å². The van der Waals surface area contributed by atoms with Crippen LogP contribution in [-0.2, 0) is 0 Å². The number of carbonyl (C=O) groups is 2. The minimum absolute atomic E-state index is 0.131. The largest absolute Gasteiger partial charge is 0.345 e. The maximum atomic E-state index is 13.4. The van der Waals surface area contributed by atoms with E-state index in [1.54, 1.807) is 38.4 Å². The highest BCUT2D eigenvalue weighted by Crippen LogP contribution is 2.41. The summed E-state index contributed by atoms with van der Waals surface area (Å²) in [5.74, 6) is -0.0831. The summed E-state index contributed by atoms with van der Waals surface area (Å²) in [5, 5.41) is 7.74. The molecule has 7 nitrogen and oxygen atoms in total. The monoisotopic (exact) mass is 426 g/mol. The molecule has 1 aliphatic rings. The molecule has 7 heteroatoms. The van der Waals surface area contributed by atoms with Crippen LogP contribution in [0.2, 0.25) is 0 Å². The van der Waals surface area contributed by atoms with E-state index in [0.717, 1.165) is 24.1 Å². The van der Waals surface area contributed by atoms with Gasteiger partial charge in [-0.15, -0.1) is 0 Å². The number of nitrogens with one attached hydrogen (secondary N) is 1. The Labute approximate surface area is 185 Å². The summed E-state index contributed by atoms with van der Waals surface area (Å²) in [4.78, 5) is 31.9. The first kappa shape index (κ1) is 19.9. The Bertz CT molecular complexity index is 1320. The van der Waals surface area contributed by atoms with Gasteiger partial charge in [0.1, 0.15) is 5.69 Å². The first-order chi connectivity index (χ1) is 15.5. The molecule has 1 N–H and O–H groups in total. The molecule has 32 heavy (non-hydrogen) atoms. The van der Waals surface area contributed by atoms with Crippen LogP contribution in [0.5, 0.6) is 0 Å². The lowest BCUT2D eigenvalue weighted by atomic mass is 10.0. The molecule has 0 atom stereocenters. The standard InChI is InChI=1S/C25H22N4O3/c1-29(2)25(31)17-9-6-10-18(13-17)26-23(30)19-14-20(15-11-12-15)27-24-21(19)22(28-32-24)16-7-4-3-5-8-16/h3-10,13-15H,11-12H2,1-2H3,(H,26,30). The molecule has 1 saturated carbocycles. The molecule has 2 amide bonds. The van der Waals surface area contributed by atoms with Crippen molar-refractivity contribution in [3.05, 3.63) is 77.5 Å². The highest BCUT2D eigenvalue weighted by Gasteiger charge is 2.29. The number of aromatic nitrogens is 2. The van der Waals surface area contributed by atoms with Crippen molar-refractivity contribution in [2.75, 3.05) is 19.4 Å². The Balaban J connectivity index is 1.57. The molecular formula is C25H22N4O3. The zero-order valence-corrected chi connectivity index (χ0v) is 17.8. The first-order valence-corrected chi connectivity index (χ1v) is 10.5. The van der Waals surface area contributed by atoms with Gasteiger partial charge in [-0.05, 0) is 37.1 Å². The minimum Gasteiger partial charge on any atom is -0.345 e. The van der Waals surface area contributed by atoms with E-state index < -0.39 is 0 Å². The number of nitrogens with zero attached hydrogens (tertiary/aromatic N) is 3. The lowest BCUT2D eigenvalue weighted by Gasteiger charge is -2.12. The van der Waals surface area contributed by atoms with Gasteiger partial charge in [0.05, 0.1) is 10.9 Å². The average Bonchev–Trinajstić information content (AvgIpc) is 3.57. The fraction of sp³-hybridized carbons (Fsp3) is 0.200. The van der Waals surface area contributed by atoms with Crippen LogP contribution in [-0.4, -0.2) is 41.0 Å². The molecule has 0 spiro atoms. The molecule has 0 aliphatic heterocycles. The summed E-state index contributed by atoms with van der Waals surface area (Å²) in [6.07, 6.45) is 2.10. The van der Waals surface area contributed by atoms with Crippen LogP contribution in [0.3, 0.4) is 0 Å². The van der Waals surface area contributed by atoms with Crippen molar-refractivity contribution in [2.45, 2.75) is 18.8 Å². The number of fused-ring (bicyclic) bond motifs is 1. The maximum absolute atomic E-state index is 13.4. The Morgan fingerprint density at radius 3 is 2.53 bits per heavy atom. The highest BCUT2D eigenvalue weighted by atomic mass is 16.5. The van der Waals surface area contributed by atoms with Crippen molar-refractivity contribution in [3.8, 4) is 11.3 Å². The Morgan fingerprint density at radius 1 is 1.03 bits per heavy atom. The topological polar surface area (TPSA) is 88.3 Å². The predicted octanol–water partition coefficient (Wildman–Crippen LogP) is 4.72. The van der Waals surface area contributed by atoms with Crippen LogP contribution < -0.4 is 5.32 Å². The van der Waals surface area contributed by atoms with E-state index in [9.17, 15) is 9.59 Å². The second kappa shape index (κ2) is 7.92. The lowest BCUT2D eigenvalue weighted by Crippen LogP contribution is -2.22. The van der Waals surface area contributed by atoms with E-state index in [-0.39, 0.29) is 11.8 Å². The lowest BCUT2D eigenvalue weighted by molar-refractivity contribution is 0.0827. The third-order valence-electron chi connectivity index (χ3n) is 5.53. The van der Waals surface area contributed by atoms with Gasteiger partial charge in [-0.1, -0.05) is 41.6 Å². The van der Waals surface area contributed by atoms with Gasteiger partial charge >= 0.3 is 0 Å². The van der Waals surface area contributed by atoms with Gasteiger partial charge in [0.15, 0.2) is 0 Å². The number of anilines is 1. The van der Waals surface area contributed by atoms with Crippen LogP contribution in [0.1, 0.15) is 45.2 Å². The van der Waals surface area contributed by atoms with Crippen molar-refractivity contribution in [3.63, 3.8) is 0 Å². The van der Waals surface area contributed by atoms with Gasteiger partial charge in [0.25, 0.3) is 17.5 Å². The van der Waals surface area contributed by atoms with E-state index in [1.807, 2.05) is 36.4 Å². The normalized spacial score (nSPS) is 13.2. The van der Waals surface area contributed by atoms with Crippen molar-refractivity contribution < 1.29 is 14.1 Å². The molecule has 0 bridgehead atoms. The summed E-state index contributed by atoms with van der Waals surface area (Å²) in [5.41, 5.74) is 4.13. The quantitative estimate of drug-likeness (QED) is 0.499. The maximum Gasteiger partial charge on any atom is 0.259 e. The molecule has 5 rings (SSSR count). The minimum atomic E-state index is -0.297. The van der Waals surface area contributed by atoms with Gasteiger partial charge in [-0.3, -0.25) is 9.59 Å². The SMILES string of the molecule is CN(C)C(=O)c1cccc(NC(=O)c2cc(C3CC3)nc3onc(-c4ccccc4)c23)c1. The number of benzene rings is 2. The molecule has 4 aromatic rings. The average molecular weight is 426 g/mol. The number of pyridine rings is 1. The van der Waals surface area contributed by atoms with Crippen molar-refractivity contribution in [1.82, 2.24) is 15.0 Å². The molecule has 2 heterocycles. The second-order valence-corrected chi connectivity index (χ2v) is 8.18. The van der Waals surface area contributed by atoms with Crippen molar-refractivity contribution in [1.29, 1.82) is 0 Å². The number of rotatable bonds is 5. The summed E-state index contributed by atoms with van der Waals surface area (Å²) < 4.78 is 5.55. The smallest absolute Gasteiger partial charge is 0.259 e. The first-order valence-electron chi connectivity index (χ1n) is 10.5. The Kier molecular flexibility index (Phi) is 4.93. The number of hydrogen-bond donors (Lipinski definition) is 1. The zero-order valence-electron chi connectivity index (χ0n) is 17.8. The summed E-state index contributed by atoms with van der Waals surface area (Å²) >= 11 is 0. The van der Waals surface area contributed by atoms with Gasteiger partial charge in [-0.2, -0.15) is 0 Å². The number of amides is 2. The molecule has 0 unspecified atom stereocenters. The highest BCUT2D eigenvalue weighted by molar-refractivity contribution is 6.15. The predicted molar refractivity (Wildman–Crippen MR) is 122 cm³/mol. The number of hydrogen-bond acceptors (Lipinski definition) is 5. The molecule has 2 aromatic carbocycles. The van der Waals surface area contributed by atoms with Crippen LogP contribution in [0.25, 0.3) is 22.4 Å². The summed E-state index contributed by atoms with van der Waals surface area (Å²) in [6, 6.07) is 18.3. The fourth-order valence-corrected chi connectivity index (χ4v) is 3.72. The summed E-state index contributed by atoms with van der Waals surface area (Å²) in [6.45, 7) is 0. The zero-order chi connectivity index (χ0) is 22.2. The van der Waals surface area contributed by atoms with Crippen molar-refractivity contribution in [2.24, 2.45) is 0 Å². The van der Waals surface area contributed by atoms with Gasteiger partial charge in [0.2, 0.25) is 0 Å². The Morgan fingerprint density at radius 2 is 1.81 bits per heavy atom. The van der Waals surface area contributed by atoms with Gasteiger partial charge in [0, 0.05) is 42.5 Å². The third-order valence-corrected chi connectivity index (χ3v) is 5.53. The van der Waals surface area contributed by atoms with Crippen LogP contribution >= 0.6 is 0 Å². The molecule has 2 aromatic heterocycles. The van der Waals surface area contributed by atoms with E-state index >= 15 is 0 Å². The third kappa shape index (κ3) is 3.73. The molecule has 1 fully saturated rings. The molecule has 0 saturated heterocycles. The number of carbonyl (C=O) groups excluding carboxylic acids is 2. The van der Waals surface area contributed by atoms with E-state index in [0.29, 0.717) is 39.5 Å².